The molecule has 0 aliphatic carbocycles. The highest BCUT2D eigenvalue weighted by Gasteiger charge is 2.17. The summed E-state index contributed by atoms with van der Waals surface area (Å²) in [6.07, 6.45) is 1.02. The Kier molecular flexibility index (Phi) is 5.00. The summed E-state index contributed by atoms with van der Waals surface area (Å²) in [4.78, 5) is 24.8. The minimum atomic E-state index is -0.815. The molecule has 0 bridgehead atoms. The minimum absolute atomic E-state index is 0.00556. The molecule has 0 unspecified atom stereocenters. The van der Waals surface area contributed by atoms with E-state index in [1.165, 1.54) is 0 Å². The number of primary amides is 1. The van der Waals surface area contributed by atoms with Gasteiger partial charge in [-0.1, -0.05) is 6.92 Å². The molecule has 3 N–H and O–H groups in total. The molecule has 8 heteroatoms. The highest BCUT2D eigenvalue weighted by atomic mass is 16.6. The highest BCUT2D eigenvalue weighted by Crippen LogP contribution is 2.20. The van der Waals surface area contributed by atoms with Crippen molar-refractivity contribution in [2.24, 2.45) is 5.73 Å². The van der Waals surface area contributed by atoms with E-state index in [0.717, 1.165) is 18.8 Å². The summed E-state index contributed by atoms with van der Waals surface area (Å²) in [7, 11) is 0. The second-order valence-corrected chi connectivity index (χ2v) is 3.37. The Labute approximate surface area is 103 Å². The average molecular weight is 254 g/mol. The van der Waals surface area contributed by atoms with Crippen LogP contribution in [-0.4, -0.2) is 35.5 Å². The summed E-state index contributed by atoms with van der Waals surface area (Å²) in [6.45, 7) is 3.60. The molecular weight excluding hydrogens is 240 g/mol. The molecule has 0 aromatic carbocycles. The zero-order chi connectivity index (χ0) is 13.5. The highest BCUT2D eigenvalue weighted by molar-refractivity contribution is 5.95. The van der Waals surface area contributed by atoms with Crippen LogP contribution in [-0.2, 0) is 0 Å². The first kappa shape index (κ1) is 13.8. The molecule has 1 heterocycles. The third-order valence-electron chi connectivity index (χ3n) is 2.08. The van der Waals surface area contributed by atoms with Crippen LogP contribution in [0.2, 0.25) is 0 Å². The largest absolute Gasteiger partial charge is 0.476 e. The van der Waals surface area contributed by atoms with Gasteiger partial charge in [0.25, 0.3) is 11.6 Å². The van der Waals surface area contributed by atoms with Crippen LogP contribution >= 0.6 is 0 Å². The summed E-state index contributed by atoms with van der Waals surface area (Å²) >= 11 is 0. The first-order valence-corrected chi connectivity index (χ1v) is 5.34. The number of hydrogen-bond acceptors (Lipinski definition) is 6. The first-order valence-electron chi connectivity index (χ1n) is 5.34. The van der Waals surface area contributed by atoms with Crippen LogP contribution in [0, 0.1) is 10.1 Å². The van der Waals surface area contributed by atoms with Gasteiger partial charge in [0.1, 0.15) is 18.4 Å². The topological polar surface area (TPSA) is 120 Å². The van der Waals surface area contributed by atoms with Crippen molar-refractivity contribution in [2.45, 2.75) is 6.92 Å². The number of aromatic nitrogens is 1. The average Bonchev–Trinajstić information content (AvgIpc) is 2.34. The number of nitro groups is 1. The van der Waals surface area contributed by atoms with Crippen molar-refractivity contribution in [3.8, 4) is 5.88 Å². The number of hydrogen-bond donors (Lipinski definition) is 2. The molecule has 1 aromatic heterocycles. The first-order chi connectivity index (χ1) is 8.56. The van der Waals surface area contributed by atoms with Crippen LogP contribution in [0.1, 0.15) is 17.3 Å². The molecule has 0 aliphatic heterocycles. The van der Waals surface area contributed by atoms with Gasteiger partial charge >= 0.3 is 0 Å². The molecule has 0 spiro atoms. The standard InChI is InChI=1S/C10H14N4O4/c1-2-12-3-4-18-10-8(9(11)15)5-7(6-13-10)14(16)17/h5-6,12H,2-4H2,1H3,(H2,11,15). The maximum atomic E-state index is 11.1. The number of amides is 1. The third kappa shape index (κ3) is 3.67. The number of likely N-dealkylation sites (N-methyl/N-ethyl adjacent to an activating group) is 1. The lowest BCUT2D eigenvalue weighted by atomic mass is 10.2. The smallest absolute Gasteiger partial charge is 0.288 e. The number of carbonyl (C=O) groups is 1. The fourth-order valence-corrected chi connectivity index (χ4v) is 1.23. The lowest BCUT2D eigenvalue weighted by molar-refractivity contribution is -0.385. The number of nitrogens with two attached hydrogens (primary N) is 1. The molecular formula is C10H14N4O4. The van der Waals surface area contributed by atoms with Crippen molar-refractivity contribution >= 4 is 11.6 Å². The molecule has 0 atom stereocenters. The van der Waals surface area contributed by atoms with Gasteiger partial charge < -0.3 is 15.8 Å². The molecule has 1 amide bonds. The van der Waals surface area contributed by atoms with Gasteiger partial charge in [0, 0.05) is 12.6 Å². The number of nitrogens with zero attached hydrogens (tertiary/aromatic N) is 2. The summed E-state index contributed by atoms with van der Waals surface area (Å²) in [5.41, 5.74) is 4.72. The molecule has 0 fully saturated rings. The predicted octanol–water partition coefficient (Wildman–Crippen LogP) is 0.0770. The maximum Gasteiger partial charge on any atom is 0.288 e. The zero-order valence-electron chi connectivity index (χ0n) is 9.88. The number of pyridine rings is 1. The van der Waals surface area contributed by atoms with E-state index in [4.69, 9.17) is 10.5 Å². The monoisotopic (exact) mass is 254 g/mol. The Morgan fingerprint density at radius 2 is 2.39 bits per heavy atom. The fraction of sp³-hybridized carbons (Fsp3) is 0.400. The van der Waals surface area contributed by atoms with Gasteiger partial charge in [-0.2, -0.15) is 0 Å². The van der Waals surface area contributed by atoms with Crippen molar-refractivity contribution in [3.63, 3.8) is 0 Å². The van der Waals surface area contributed by atoms with Gasteiger partial charge in [0.15, 0.2) is 0 Å². The summed E-state index contributed by atoms with van der Waals surface area (Å²) < 4.78 is 5.24. The van der Waals surface area contributed by atoms with Crippen LogP contribution in [0.15, 0.2) is 12.3 Å². The molecule has 98 valence electrons. The molecule has 1 aromatic rings. The van der Waals surface area contributed by atoms with Gasteiger partial charge in [-0.05, 0) is 6.54 Å². The minimum Gasteiger partial charge on any atom is -0.476 e. The van der Waals surface area contributed by atoms with E-state index in [0.29, 0.717) is 13.2 Å². The van der Waals surface area contributed by atoms with E-state index < -0.39 is 10.8 Å². The Bertz CT molecular complexity index is 450. The number of nitrogens with one attached hydrogen (secondary N) is 1. The molecule has 0 saturated carbocycles. The molecule has 0 aliphatic rings. The van der Waals surface area contributed by atoms with E-state index in [9.17, 15) is 14.9 Å². The Morgan fingerprint density at radius 1 is 1.67 bits per heavy atom. The molecule has 0 radical (unpaired) electrons. The number of carbonyl (C=O) groups excluding carboxylic acids is 1. The SMILES string of the molecule is CCNCCOc1ncc([N+](=O)[O-])cc1C(N)=O. The normalized spacial score (nSPS) is 10.1. The van der Waals surface area contributed by atoms with E-state index in [2.05, 4.69) is 10.3 Å². The van der Waals surface area contributed by atoms with E-state index in [1.807, 2.05) is 6.92 Å². The lowest BCUT2D eigenvalue weighted by Crippen LogP contribution is -2.22. The summed E-state index contributed by atoms with van der Waals surface area (Å²) in [5.74, 6) is -0.810. The third-order valence-corrected chi connectivity index (χ3v) is 2.08. The van der Waals surface area contributed by atoms with E-state index in [1.54, 1.807) is 0 Å². The summed E-state index contributed by atoms with van der Waals surface area (Å²) in [6, 6.07) is 1.05. The van der Waals surface area contributed by atoms with E-state index >= 15 is 0 Å². The zero-order valence-corrected chi connectivity index (χ0v) is 9.88. The Balaban J connectivity index is 2.83. The van der Waals surface area contributed by atoms with Crippen LogP contribution < -0.4 is 15.8 Å². The van der Waals surface area contributed by atoms with Crippen molar-refractivity contribution in [2.75, 3.05) is 19.7 Å². The van der Waals surface area contributed by atoms with Crippen LogP contribution in [0.5, 0.6) is 5.88 Å². The molecule has 8 nitrogen and oxygen atoms in total. The van der Waals surface area contributed by atoms with Crippen LogP contribution in [0.3, 0.4) is 0 Å². The van der Waals surface area contributed by atoms with Crippen molar-refractivity contribution in [3.05, 3.63) is 27.9 Å². The molecule has 0 saturated heterocycles. The van der Waals surface area contributed by atoms with E-state index in [-0.39, 0.29) is 17.1 Å². The van der Waals surface area contributed by atoms with Crippen molar-refractivity contribution in [1.82, 2.24) is 10.3 Å². The summed E-state index contributed by atoms with van der Waals surface area (Å²) in [5, 5.41) is 13.6. The van der Waals surface area contributed by atoms with Gasteiger partial charge in [-0.15, -0.1) is 0 Å². The number of rotatable bonds is 7. The predicted molar refractivity (Wildman–Crippen MR) is 63.4 cm³/mol. The van der Waals surface area contributed by atoms with Crippen LogP contribution in [0.25, 0.3) is 0 Å². The van der Waals surface area contributed by atoms with Gasteiger partial charge in [-0.3, -0.25) is 14.9 Å². The van der Waals surface area contributed by atoms with Gasteiger partial charge in [0.05, 0.1) is 4.92 Å². The lowest BCUT2D eigenvalue weighted by Gasteiger charge is -2.08. The van der Waals surface area contributed by atoms with Gasteiger partial charge in [0.2, 0.25) is 5.88 Å². The Hall–Kier alpha value is -2.22. The number of ether oxygens (including phenoxy) is 1. The Morgan fingerprint density at radius 3 is 2.94 bits per heavy atom. The van der Waals surface area contributed by atoms with Crippen molar-refractivity contribution in [1.29, 1.82) is 0 Å². The maximum absolute atomic E-state index is 11.1. The fourth-order valence-electron chi connectivity index (χ4n) is 1.23. The molecule has 1 rings (SSSR count). The second-order valence-electron chi connectivity index (χ2n) is 3.37. The molecule has 18 heavy (non-hydrogen) atoms. The quantitative estimate of drug-likeness (QED) is 0.403. The van der Waals surface area contributed by atoms with Crippen molar-refractivity contribution < 1.29 is 14.5 Å². The van der Waals surface area contributed by atoms with Crippen LogP contribution in [0.4, 0.5) is 5.69 Å². The van der Waals surface area contributed by atoms with Gasteiger partial charge in [-0.25, -0.2) is 4.98 Å². The second kappa shape index (κ2) is 6.50.